The molecule has 19 heavy (non-hydrogen) atoms. The molecule has 2 nitrogen and oxygen atoms in total. The van der Waals surface area contributed by atoms with E-state index in [0.717, 1.165) is 29.1 Å². The normalized spacial score (nSPS) is 10.7. The highest BCUT2D eigenvalue weighted by Gasteiger charge is 2.06. The van der Waals surface area contributed by atoms with Gasteiger partial charge in [0.2, 0.25) is 0 Å². The van der Waals surface area contributed by atoms with E-state index < -0.39 is 0 Å². The van der Waals surface area contributed by atoms with E-state index in [1.807, 2.05) is 19.1 Å². The van der Waals surface area contributed by atoms with Crippen LogP contribution in [0.2, 0.25) is 10.0 Å². The standard InChI is InChI=1S/C14H14Cl2N2S/c1-3-12-8(2)14(19)18-13(17-12)7-9-4-5-10(15)11(16)6-9/h4-6H,3,7H2,1-2H3,(H,17,18,19). The van der Waals surface area contributed by atoms with Gasteiger partial charge in [-0.1, -0.05) is 48.4 Å². The zero-order valence-electron chi connectivity index (χ0n) is 10.8. The minimum Gasteiger partial charge on any atom is -0.347 e. The number of aryl methyl sites for hydroxylation is 1. The molecule has 0 amide bonds. The molecule has 0 fully saturated rings. The van der Waals surface area contributed by atoms with Crippen LogP contribution in [-0.2, 0) is 12.8 Å². The van der Waals surface area contributed by atoms with Crippen molar-refractivity contribution in [3.8, 4) is 0 Å². The van der Waals surface area contributed by atoms with E-state index in [-0.39, 0.29) is 0 Å². The summed E-state index contributed by atoms with van der Waals surface area (Å²) >= 11 is 17.2. The van der Waals surface area contributed by atoms with Crippen molar-refractivity contribution >= 4 is 35.4 Å². The first-order chi connectivity index (χ1) is 9.01. The summed E-state index contributed by atoms with van der Waals surface area (Å²) in [5.41, 5.74) is 3.24. The van der Waals surface area contributed by atoms with Gasteiger partial charge in [0.05, 0.1) is 10.0 Å². The lowest BCUT2D eigenvalue weighted by molar-refractivity contribution is 0.881. The van der Waals surface area contributed by atoms with Crippen molar-refractivity contribution < 1.29 is 0 Å². The van der Waals surface area contributed by atoms with E-state index in [1.54, 1.807) is 6.07 Å². The molecule has 0 aliphatic carbocycles. The largest absolute Gasteiger partial charge is 0.347 e. The SMILES string of the molecule is CCc1[nH]c(Cc2ccc(Cl)c(Cl)c2)nc(=S)c1C. The van der Waals surface area contributed by atoms with Gasteiger partial charge >= 0.3 is 0 Å². The van der Waals surface area contributed by atoms with E-state index in [2.05, 4.69) is 16.9 Å². The Morgan fingerprint density at radius 2 is 2.00 bits per heavy atom. The summed E-state index contributed by atoms with van der Waals surface area (Å²) in [4.78, 5) is 7.74. The zero-order valence-corrected chi connectivity index (χ0v) is 13.1. The highest BCUT2D eigenvalue weighted by Crippen LogP contribution is 2.23. The fourth-order valence-corrected chi connectivity index (χ4v) is 2.47. The monoisotopic (exact) mass is 312 g/mol. The molecule has 5 heteroatoms. The topological polar surface area (TPSA) is 28.7 Å². The lowest BCUT2D eigenvalue weighted by Crippen LogP contribution is -2.03. The first-order valence-corrected chi connectivity index (χ1v) is 7.20. The molecule has 1 N–H and O–H groups in total. The van der Waals surface area contributed by atoms with E-state index >= 15 is 0 Å². The molecule has 1 aromatic carbocycles. The van der Waals surface area contributed by atoms with Gasteiger partial charge in [0, 0.05) is 17.7 Å². The number of aromatic nitrogens is 2. The van der Waals surface area contributed by atoms with Crippen molar-refractivity contribution in [3.05, 3.63) is 55.5 Å². The van der Waals surface area contributed by atoms with Gasteiger partial charge in [-0.25, -0.2) is 4.98 Å². The smallest absolute Gasteiger partial charge is 0.132 e. The third kappa shape index (κ3) is 3.35. The van der Waals surface area contributed by atoms with Crippen LogP contribution in [0.15, 0.2) is 18.2 Å². The molecular formula is C14H14Cl2N2S. The molecule has 0 unspecified atom stereocenters. The minimum absolute atomic E-state index is 0.556. The number of halogens is 2. The Balaban J connectivity index is 2.35. The Bertz CT molecular complexity index is 665. The molecule has 0 saturated carbocycles. The van der Waals surface area contributed by atoms with Crippen molar-refractivity contribution in [1.29, 1.82) is 0 Å². The van der Waals surface area contributed by atoms with Gasteiger partial charge in [0.1, 0.15) is 10.5 Å². The van der Waals surface area contributed by atoms with Crippen LogP contribution < -0.4 is 0 Å². The average Bonchev–Trinajstić information content (AvgIpc) is 2.38. The highest BCUT2D eigenvalue weighted by molar-refractivity contribution is 7.71. The number of H-pyrrole nitrogens is 1. The van der Waals surface area contributed by atoms with Crippen LogP contribution in [0.25, 0.3) is 0 Å². The summed E-state index contributed by atoms with van der Waals surface area (Å²) in [5.74, 6) is 0.853. The maximum absolute atomic E-state index is 6.01. The maximum Gasteiger partial charge on any atom is 0.132 e. The third-order valence-corrected chi connectivity index (χ3v) is 4.15. The van der Waals surface area contributed by atoms with Gasteiger partial charge in [0.15, 0.2) is 0 Å². The second-order valence-electron chi connectivity index (χ2n) is 4.37. The lowest BCUT2D eigenvalue weighted by atomic mass is 10.1. The molecule has 2 rings (SSSR count). The maximum atomic E-state index is 6.01. The Kier molecular flexibility index (Phi) is 4.61. The first-order valence-electron chi connectivity index (χ1n) is 6.04. The number of aromatic amines is 1. The number of benzene rings is 1. The molecule has 0 bridgehead atoms. The third-order valence-electron chi connectivity index (χ3n) is 3.01. The van der Waals surface area contributed by atoms with E-state index in [0.29, 0.717) is 21.1 Å². The van der Waals surface area contributed by atoms with Gasteiger partial charge in [-0.15, -0.1) is 0 Å². The molecule has 1 aromatic heterocycles. The molecule has 0 saturated heterocycles. The quantitative estimate of drug-likeness (QED) is 0.816. The summed E-state index contributed by atoms with van der Waals surface area (Å²) in [6.07, 6.45) is 1.57. The second kappa shape index (κ2) is 6.04. The van der Waals surface area contributed by atoms with Crippen molar-refractivity contribution in [2.45, 2.75) is 26.7 Å². The molecule has 0 aliphatic heterocycles. The van der Waals surface area contributed by atoms with E-state index in [4.69, 9.17) is 35.4 Å². The highest BCUT2D eigenvalue weighted by atomic mass is 35.5. The summed E-state index contributed by atoms with van der Waals surface area (Å²) in [6.45, 7) is 4.09. The molecular weight excluding hydrogens is 299 g/mol. The summed E-state index contributed by atoms with van der Waals surface area (Å²) < 4.78 is 0.658. The lowest BCUT2D eigenvalue weighted by Gasteiger charge is -2.08. The van der Waals surface area contributed by atoms with Crippen molar-refractivity contribution in [2.75, 3.05) is 0 Å². The van der Waals surface area contributed by atoms with E-state index in [1.165, 1.54) is 0 Å². The Morgan fingerprint density at radius 3 is 2.63 bits per heavy atom. The number of hydrogen-bond acceptors (Lipinski definition) is 2. The Morgan fingerprint density at radius 1 is 1.26 bits per heavy atom. The molecule has 2 aromatic rings. The second-order valence-corrected chi connectivity index (χ2v) is 5.57. The minimum atomic E-state index is 0.556. The van der Waals surface area contributed by atoms with Crippen LogP contribution in [0.4, 0.5) is 0 Å². The number of hydrogen-bond donors (Lipinski definition) is 1. The van der Waals surface area contributed by atoms with Crippen molar-refractivity contribution in [3.63, 3.8) is 0 Å². The van der Waals surface area contributed by atoms with Crippen molar-refractivity contribution in [1.82, 2.24) is 9.97 Å². The number of nitrogens with zero attached hydrogens (tertiary/aromatic N) is 1. The van der Waals surface area contributed by atoms with Gasteiger partial charge in [-0.2, -0.15) is 0 Å². The molecule has 0 atom stereocenters. The molecule has 100 valence electrons. The van der Waals surface area contributed by atoms with Crippen LogP contribution in [-0.4, -0.2) is 9.97 Å². The van der Waals surface area contributed by atoms with Crippen LogP contribution in [0.3, 0.4) is 0 Å². The van der Waals surface area contributed by atoms with Gasteiger partial charge in [-0.3, -0.25) is 0 Å². The van der Waals surface area contributed by atoms with Crippen LogP contribution in [0.5, 0.6) is 0 Å². The fourth-order valence-electron chi connectivity index (χ4n) is 1.91. The summed E-state index contributed by atoms with van der Waals surface area (Å²) in [7, 11) is 0. The van der Waals surface area contributed by atoms with E-state index in [9.17, 15) is 0 Å². The summed E-state index contributed by atoms with van der Waals surface area (Å²) in [6, 6.07) is 5.59. The predicted octanol–water partition coefficient (Wildman–Crippen LogP) is 4.91. The van der Waals surface area contributed by atoms with Gasteiger partial charge in [0.25, 0.3) is 0 Å². The zero-order chi connectivity index (χ0) is 14.0. The van der Waals surface area contributed by atoms with Crippen LogP contribution in [0, 0.1) is 11.6 Å². The molecule has 0 spiro atoms. The number of nitrogens with one attached hydrogen (secondary N) is 1. The predicted molar refractivity (Wildman–Crippen MR) is 82.8 cm³/mol. The van der Waals surface area contributed by atoms with Gasteiger partial charge < -0.3 is 4.98 Å². The van der Waals surface area contributed by atoms with Crippen LogP contribution in [0.1, 0.15) is 29.6 Å². The van der Waals surface area contributed by atoms with Gasteiger partial charge in [-0.05, 0) is 31.0 Å². The Hall–Kier alpha value is -0.900. The summed E-state index contributed by atoms with van der Waals surface area (Å²) in [5, 5.41) is 1.12. The average molecular weight is 313 g/mol. The van der Waals surface area contributed by atoms with Crippen LogP contribution >= 0.6 is 35.4 Å². The van der Waals surface area contributed by atoms with Crippen molar-refractivity contribution in [2.24, 2.45) is 0 Å². The fraction of sp³-hybridized carbons (Fsp3) is 0.286. The Labute approximate surface area is 127 Å². The molecule has 0 radical (unpaired) electrons. The first kappa shape index (κ1) is 14.5. The number of rotatable bonds is 3. The molecule has 0 aliphatic rings. The molecule has 1 heterocycles.